The van der Waals surface area contributed by atoms with E-state index in [1.165, 1.54) is 4.31 Å². The maximum absolute atomic E-state index is 13.0. The van der Waals surface area contributed by atoms with Crippen LogP contribution in [-0.4, -0.2) is 64.5 Å². The lowest BCUT2D eigenvalue weighted by atomic mass is 10.3. The molecule has 0 saturated carbocycles. The first-order chi connectivity index (χ1) is 15.0. The minimum absolute atomic E-state index is 0.285. The number of rotatable bonds is 9. The molecule has 0 radical (unpaired) electrons. The van der Waals surface area contributed by atoms with Gasteiger partial charge in [-0.2, -0.15) is 4.31 Å². The standard InChI is InChI=1S/C19H25N5O3S4/c1-3-7-24-16-6-5-14(31(25,26)23-8-10-27-11-9-23)12-15(16)20-17(24)13-29-19-22-21-18(30-19)28-4-2/h5-6,12H,3-4,7-11,13H2,1-2H3. The predicted octanol–water partition coefficient (Wildman–Crippen LogP) is 3.72. The van der Waals surface area contributed by atoms with E-state index in [1.807, 2.05) is 6.07 Å². The molecule has 1 aromatic carbocycles. The van der Waals surface area contributed by atoms with Crippen molar-refractivity contribution in [3.63, 3.8) is 0 Å². The molecule has 0 spiro atoms. The molecule has 31 heavy (non-hydrogen) atoms. The van der Waals surface area contributed by atoms with Gasteiger partial charge in [-0.25, -0.2) is 13.4 Å². The van der Waals surface area contributed by atoms with Crippen LogP contribution in [0.15, 0.2) is 31.8 Å². The third-order valence-electron chi connectivity index (χ3n) is 4.83. The molecule has 0 aliphatic carbocycles. The van der Waals surface area contributed by atoms with Crippen LogP contribution in [0.3, 0.4) is 0 Å². The minimum atomic E-state index is -3.55. The highest BCUT2D eigenvalue weighted by molar-refractivity contribution is 8.02. The molecule has 0 amide bonds. The second kappa shape index (κ2) is 10.2. The van der Waals surface area contributed by atoms with Gasteiger partial charge in [0.15, 0.2) is 8.68 Å². The van der Waals surface area contributed by atoms with Crippen LogP contribution in [0.25, 0.3) is 11.0 Å². The second-order valence-electron chi connectivity index (χ2n) is 6.90. The van der Waals surface area contributed by atoms with E-state index in [-0.39, 0.29) is 4.90 Å². The Morgan fingerprint density at radius 1 is 1.13 bits per heavy atom. The van der Waals surface area contributed by atoms with Gasteiger partial charge in [0.2, 0.25) is 10.0 Å². The number of ether oxygens (including phenoxy) is 1. The summed E-state index contributed by atoms with van der Waals surface area (Å²) in [6.45, 7) is 6.67. The highest BCUT2D eigenvalue weighted by Gasteiger charge is 2.27. The predicted molar refractivity (Wildman–Crippen MR) is 125 cm³/mol. The molecule has 1 fully saturated rings. The number of thioether (sulfide) groups is 2. The van der Waals surface area contributed by atoms with Gasteiger partial charge in [-0.1, -0.05) is 48.7 Å². The molecule has 1 saturated heterocycles. The molecule has 0 unspecified atom stereocenters. The number of sulfonamides is 1. The number of morpholine rings is 1. The largest absolute Gasteiger partial charge is 0.379 e. The van der Waals surface area contributed by atoms with Crippen molar-refractivity contribution < 1.29 is 13.2 Å². The molecule has 3 aromatic rings. The van der Waals surface area contributed by atoms with Gasteiger partial charge in [-0.05, 0) is 30.4 Å². The lowest BCUT2D eigenvalue weighted by Gasteiger charge is -2.26. The SMILES string of the molecule is CCCn1c(CSc2nnc(SCC)s2)nc2cc(S(=O)(=O)N3CCOCC3)ccc21. The van der Waals surface area contributed by atoms with Gasteiger partial charge >= 0.3 is 0 Å². The number of benzene rings is 1. The molecule has 12 heteroatoms. The number of nitrogens with zero attached hydrogens (tertiary/aromatic N) is 5. The van der Waals surface area contributed by atoms with Gasteiger partial charge < -0.3 is 9.30 Å². The van der Waals surface area contributed by atoms with Crippen LogP contribution in [-0.2, 0) is 27.1 Å². The molecular formula is C19H25N5O3S4. The molecule has 168 valence electrons. The van der Waals surface area contributed by atoms with Crippen LogP contribution in [0, 0.1) is 0 Å². The van der Waals surface area contributed by atoms with E-state index in [0.717, 1.165) is 38.7 Å². The van der Waals surface area contributed by atoms with E-state index in [4.69, 9.17) is 9.72 Å². The molecule has 0 bridgehead atoms. The summed E-state index contributed by atoms with van der Waals surface area (Å²) in [6.07, 6.45) is 0.965. The van der Waals surface area contributed by atoms with Crippen molar-refractivity contribution in [2.45, 2.75) is 46.1 Å². The maximum Gasteiger partial charge on any atom is 0.243 e. The molecule has 4 rings (SSSR count). The quantitative estimate of drug-likeness (QED) is 0.412. The zero-order valence-electron chi connectivity index (χ0n) is 17.5. The fraction of sp³-hybridized carbons (Fsp3) is 0.526. The molecule has 0 atom stereocenters. The monoisotopic (exact) mass is 499 g/mol. The van der Waals surface area contributed by atoms with Crippen molar-refractivity contribution in [3.8, 4) is 0 Å². The third kappa shape index (κ3) is 5.09. The Bertz CT molecular complexity index is 1140. The van der Waals surface area contributed by atoms with Crippen molar-refractivity contribution in [1.82, 2.24) is 24.1 Å². The van der Waals surface area contributed by atoms with E-state index >= 15 is 0 Å². The van der Waals surface area contributed by atoms with E-state index < -0.39 is 10.0 Å². The Morgan fingerprint density at radius 3 is 2.58 bits per heavy atom. The van der Waals surface area contributed by atoms with Crippen LogP contribution in [0.1, 0.15) is 26.1 Å². The summed E-state index contributed by atoms with van der Waals surface area (Å²) in [5.74, 6) is 2.55. The molecule has 8 nitrogen and oxygen atoms in total. The summed E-state index contributed by atoms with van der Waals surface area (Å²) in [7, 11) is -3.55. The van der Waals surface area contributed by atoms with Crippen molar-refractivity contribution >= 4 is 55.9 Å². The molecule has 0 N–H and O–H groups in total. The number of hydrogen-bond donors (Lipinski definition) is 0. The zero-order chi connectivity index (χ0) is 21.8. The Balaban J connectivity index is 1.60. The van der Waals surface area contributed by atoms with Gasteiger partial charge in [0.25, 0.3) is 0 Å². The fourth-order valence-corrected chi connectivity index (χ4v) is 7.69. The summed E-state index contributed by atoms with van der Waals surface area (Å²) in [6, 6.07) is 5.26. The average molecular weight is 500 g/mol. The van der Waals surface area contributed by atoms with Crippen LogP contribution in [0.5, 0.6) is 0 Å². The highest BCUT2D eigenvalue weighted by atomic mass is 32.2. The zero-order valence-corrected chi connectivity index (χ0v) is 20.7. The Labute approximate surface area is 194 Å². The topological polar surface area (TPSA) is 90.2 Å². The fourth-order valence-electron chi connectivity index (χ4n) is 3.40. The van der Waals surface area contributed by atoms with Gasteiger partial charge in [-0.3, -0.25) is 0 Å². The van der Waals surface area contributed by atoms with Gasteiger partial charge in [0, 0.05) is 19.6 Å². The molecule has 3 heterocycles. The van der Waals surface area contributed by atoms with Crippen LogP contribution < -0.4 is 0 Å². The first-order valence-electron chi connectivity index (χ1n) is 10.2. The van der Waals surface area contributed by atoms with Gasteiger partial charge in [-0.15, -0.1) is 10.2 Å². The minimum Gasteiger partial charge on any atom is -0.379 e. The number of aromatic nitrogens is 4. The van der Waals surface area contributed by atoms with Gasteiger partial charge in [0.05, 0.1) is 34.9 Å². The number of aryl methyl sites for hydroxylation is 1. The van der Waals surface area contributed by atoms with Crippen LogP contribution in [0.2, 0.25) is 0 Å². The van der Waals surface area contributed by atoms with E-state index in [2.05, 4.69) is 28.6 Å². The molecular weight excluding hydrogens is 475 g/mol. The number of fused-ring (bicyclic) bond motifs is 1. The van der Waals surface area contributed by atoms with Crippen molar-refractivity contribution in [2.75, 3.05) is 32.1 Å². The van der Waals surface area contributed by atoms with Crippen molar-refractivity contribution in [3.05, 3.63) is 24.0 Å². The highest BCUT2D eigenvalue weighted by Crippen LogP contribution is 2.32. The average Bonchev–Trinajstić information content (AvgIpc) is 3.37. The van der Waals surface area contributed by atoms with Crippen molar-refractivity contribution in [2.24, 2.45) is 0 Å². The summed E-state index contributed by atoms with van der Waals surface area (Å²) < 4.78 is 36.9. The van der Waals surface area contributed by atoms with Crippen LogP contribution >= 0.6 is 34.9 Å². The Morgan fingerprint density at radius 2 is 1.87 bits per heavy atom. The molecule has 2 aromatic heterocycles. The third-order valence-corrected chi connectivity index (χ3v) is 9.80. The van der Waals surface area contributed by atoms with Gasteiger partial charge in [0.1, 0.15) is 5.82 Å². The maximum atomic E-state index is 13.0. The van der Waals surface area contributed by atoms with Crippen LogP contribution in [0.4, 0.5) is 0 Å². The first kappa shape index (κ1) is 23.0. The number of imidazole rings is 1. The smallest absolute Gasteiger partial charge is 0.243 e. The lowest BCUT2D eigenvalue weighted by Crippen LogP contribution is -2.40. The van der Waals surface area contributed by atoms with E-state index in [9.17, 15) is 8.42 Å². The number of hydrogen-bond acceptors (Lipinski definition) is 9. The Hall–Kier alpha value is -1.18. The lowest BCUT2D eigenvalue weighted by molar-refractivity contribution is 0.0730. The molecule has 1 aliphatic rings. The second-order valence-corrected chi connectivity index (χ2v) is 12.6. The van der Waals surface area contributed by atoms with E-state index in [1.54, 1.807) is 47.0 Å². The first-order valence-corrected chi connectivity index (χ1v) is 14.4. The summed E-state index contributed by atoms with van der Waals surface area (Å²) in [5.41, 5.74) is 1.66. The van der Waals surface area contributed by atoms with Crippen molar-refractivity contribution in [1.29, 1.82) is 0 Å². The summed E-state index contributed by atoms with van der Waals surface area (Å²) in [4.78, 5) is 5.08. The summed E-state index contributed by atoms with van der Waals surface area (Å²) >= 11 is 4.90. The normalized spacial score (nSPS) is 15.7. The molecule has 1 aliphatic heterocycles. The van der Waals surface area contributed by atoms with E-state index in [0.29, 0.717) is 37.6 Å². The summed E-state index contributed by atoms with van der Waals surface area (Å²) in [5, 5.41) is 8.46. The Kier molecular flexibility index (Phi) is 7.55.